The van der Waals surface area contributed by atoms with Gasteiger partial charge in [0, 0.05) is 23.9 Å². The van der Waals surface area contributed by atoms with E-state index in [9.17, 15) is 18.8 Å². The molecule has 2 heterocycles. The van der Waals surface area contributed by atoms with Crippen molar-refractivity contribution in [2.24, 2.45) is 5.73 Å². The van der Waals surface area contributed by atoms with Crippen LogP contribution in [0.4, 0.5) is 15.8 Å². The average molecular weight is 546 g/mol. The van der Waals surface area contributed by atoms with Crippen LogP contribution >= 0.6 is 23.1 Å². The molecular formula is C25H25ClFN5O4S. The monoisotopic (exact) mass is 545 g/mol. The van der Waals surface area contributed by atoms with E-state index in [2.05, 4.69) is 9.69 Å². The maximum atomic E-state index is 14.0. The van der Waals surface area contributed by atoms with Gasteiger partial charge in [0.25, 0.3) is 11.8 Å². The van der Waals surface area contributed by atoms with Gasteiger partial charge in [-0.15, -0.1) is 0 Å². The predicted octanol–water partition coefficient (Wildman–Crippen LogP) is 3.61. The number of halogens is 2. The standard InChI is InChI=1S/C25H25ClFN5O4S/c1-13-4-9-16(11-18(13)26)32(25(35)22-19(28)20(23(29)33)31-37-22)21(14-5-7-15(27)8-6-14)24(34)30-12-17-3-2-10-36-17/h4-9,11,17,21H,2-3,10,12,28H2,1H3,(H2,29,33)(H,30,34)/t17-,21+/m0/s1. The molecule has 4 rings (SSSR count). The van der Waals surface area contributed by atoms with Gasteiger partial charge in [0.2, 0.25) is 5.91 Å². The third-order valence-electron chi connectivity index (χ3n) is 6.03. The molecule has 1 aliphatic heterocycles. The fraction of sp³-hybridized carbons (Fsp3) is 0.280. The molecule has 1 saturated heterocycles. The molecule has 0 aliphatic carbocycles. The molecule has 1 fully saturated rings. The van der Waals surface area contributed by atoms with Crippen LogP contribution in [0.1, 0.15) is 50.2 Å². The van der Waals surface area contributed by atoms with E-state index >= 15 is 0 Å². The summed E-state index contributed by atoms with van der Waals surface area (Å²) < 4.78 is 23.3. The van der Waals surface area contributed by atoms with Crippen molar-refractivity contribution in [1.29, 1.82) is 0 Å². The Morgan fingerprint density at radius 3 is 2.59 bits per heavy atom. The Morgan fingerprint density at radius 1 is 1.27 bits per heavy atom. The lowest BCUT2D eigenvalue weighted by atomic mass is 10.0. The number of aromatic nitrogens is 1. The number of anilines is 2. The number of nitrogens with zero attached hydrogens (tertiary/aromatic N) is 2. The number of nitrogens with two attached hydrogens (primary N) is 2. The Labute approximate surface area is 221 Å². The number of primary amides is 1. The van der Waals surface area contributed by atoms with Crippen molar-refractivity contribution in [1.82, 2.24) is 9.69 Å². The molecule has 1 aromatic heterocycles. The Bertz CT molecular complexity index is 1330. The van der Waals surface area contributed by atoms with Crippen molar-refractivity contribution in [3.05, 3.63) is 75.0 Å². The number of hydrogen-bond acceptors (Lipinski definition) is 7. The lowest BCUT2D eigenvalue weighted by Gasteiger charge is -2.32. The van der Waals surface area contributed by atoms with E-state index < -0.39 is 29.6 Å². The van der Waals surface area contributed by atoms with Crippen molar-refractivity contribution < 1.29 is 23.5 Å². The summed E-state index contributed by atoms with van der Waals surface area (Å²) in [4.78, 5) is 40.5. The van der Waals surface area contributed by atoms with Gasteiger partial charge in [-0.3, -0.25) is 19.3 Å². The molecule has 0 saturated carbocycles. The molecule has 3 amide bonds. The van der Waals surface area contributed by atoms with E-state index in [1.165, 1.54) is 29.2 Å². The van der Waals surface area contributed by atoms with E-state index in [1.54, 1.807) is 25.1 Å². The molecule has 9 nitrogen and oxygen atoms in total. The highest BCUT2D eigenvalue weighted by atomic mass is 35.5. The highest BCUT2D eigenvalue weighted by Gasteiger charge is 2.36. The first kappa shape index (κ1) is 26.5. The Kier molecular flexibility index (Phi) is 8.06. The summed E-state index contributed by atoms with van der Waals surface area (Å²) in [6.45, 7) is 2.65. The van der Waals surface area contributed by atoms with Gasteiger partial charge in [-0.25, -0.2) is 4.39 Å². The predicted molar refractivity (Wildman–Crippen MR) is 139 cm³/mol. The first-order valence-corrected chi connectivity index (χ1v) is 12.6. The number of benzene rings is 2. The SMILES string of the molecule is Cc1ccc(N(C(=O)c2snc(C(N)=O)c2N)[C@@H](C(=O)NC[C@@H]2CCCO2)c2ccc(F)cc2)cc1Cl. The smallest absolute Gasteiger partial charge is 0.273 e. The number of aryl methyl sites for hydroxylation is 1. The largest absolute Gasteiger partial charge is 0.395 e. The van der Waals surface area contributed by atoms with Gasteiger partial charge in [-0.05, 0) is 66.7 Å². The zero-order chi connectivity index (χ0) is 26.7. The lowest BCUT2D eigenvalue weighted by Crippen LogP contribution is -2.45. The number of rotatable bonds is 8. The summed E-state index contributed by atoms with van der Waals surface area (Å²) in [5.74, 6) is -2.62. The second kappa shape index (κ2) is 11.2. The van der Waals surface area contributed by atoms with E-state index in [0.717, 1.165) is 18.4 Å². The minimum Gasteiger partial charge on any atom is -0.395 e. The molecule has 12 heteroatoms. The first-order chi connectivity index (χ1) is 17.7. The highest BCUT2D eigenvalue weighted by Crippen LogP contribution is 2.35. The van der Waals surface area contributed by atoms with Crippen LogP contribution in [0.25, 0.3) is 0 Å². The third kappa shape index (κ3) is 5.74. The van der Waals surface area contributed by atoms with Crippen LogP contribution in [-0.4, -0.2) is 41.4 Å². The summed E-state index contributed by atoms with van der Waals surface area (Å²) in [5.41, 5.74) is 12.3. The minimum atomic E-state index is -1.24. The molecule has 37 heavy (non-hydrogen) atoms. The zero-order valence-electron chi connectivity index (χ0n) is 19.9. The molecule has 194 valence electrons. The molecule has 0 bridgehead atoms. The Morgan fingerprint density at radius 2 is 2.00 bits per heavy atom. The maximum Gasteiger partial charge on any atom is 0.273 e. The van der Waals surface area contributed by atoms with Crippen LogP contribution in [0, 0.1) is 12.7 Å². The number of ether oxygens (including phenoxy) is 1. The third-order valence-corrected chi connectivity index (χ3v) is 7.29. The average Bonchev–Trinajstić information content (AvgIpc) is 3.53. The lowest BCUT2D eigenvalue weighted by molar-refractivity contribution is -0.123. The molecule has 0 spiro atoms. The van der Waals surface area contributed by atoms with E-state index in [1.807, 2.05) is 0 Å². The van der Waals surface area contributed by atoms with Crippen molar-refractivity contribution >= 4 is 52.2 Å². The van der Waals surface area contributed by atoms with Gasteiger partial charge >= 0.3 is 0 Å². The number of nitrogens with one attached hydrogen (secondary N) is 1. The molecule has 1 aliphatic rings. The fourth-order valence-electron chi connectivity index (χ4n) is 4.03. The van der Waals surface area contributed by atoms with E-state index in [4.69, 9.17) is 27.8 Å². The number of carbonyl (C=O) groups excluding carboxylic acids is 3. The fourth-order valence-corrected chi connectivity index (χ4v) is 4.95. The molecular weight excluding hydrogens is 521 g/mol. The highest BCUT2D eigenvalue weighted by molar-refractivity contribution is 7.09. The molecule has 5 N–H and O–H groups in total. The van der Waals surface area contributed by atoms with Crippen molar-refractivity contribution in [3.63, 3.8) is 0 Å². The summed E-state index contributed by atoms with van der Waals surface area (Å²) in [7, 11) is 0. The van der Waals surface area contributed by atoms with Gasteiger partial charge in [0.1, 0.15) is 16.7 Å². The second-order valence-electron chi connectivity index (χ2n) is 8.58. The number of carbonyl (C=O) groups is 3. The summed E-state index contributed by atoms with van der Waals surface area (Å²) in [6.07, 6.45) is 1.54. The Balaban J connectivity index is 1.82. The van der Waals surface area contributed by atoms with Crippen molar-refractivity contribution in [3.8, 4) is 0 Å². The summed E-state index contributed by atoms with van der Waals surface area (Å²) >= 11 is 7.08. The molecule has 0 unspecified atom stereocenters. The van der Waals surface area contributed by atoms with Crippen LogP contribution in [0.5, 0.6) is 0 Å². The normalized spacial score (nSPS) is 15.8. The van der Waals surface area contributed by atoms with Crippen LogP contribution in [0.2, 0.25) is 5.02 Å². The van der Waals surface area contributed by atoms with Crippen molar-refractivity contribution in [2.45, 2.75) is 31.9 Å². The number of hydrogen-bond donors (Lipinski definition) is 3. The molecule has 0 radical (unpaired) electrons. The topological polar surface area (TPSA) is 141 Å². The zero-order valence-corrected chi connectivity index (χ0v) is 21.4. The van der Waals surface area contributed by atoms with Crippen LogP contribution in [0.3, 0.4) is 0 Å². The van der Waals surface area contributed by atoms with Gasteiger partial charge in [-0.2, -0.15) is 4.37 Å². The number of amides is 3. The van der Waals surface area contributed by atoms with Gasteiger partial charge in [0.05, 0.1) is 11.8 Å². The minimum absolute atomic E-state index is 0.0791. The molecule has 3 aromatic rings. The summed E-state index contributed by atoms with van der Waals surface area (Å²) in [5, 5.41) is 3.22. The van der Waals surface area contributed by atoms with E-state index in [0.29, 0.717) is 28.7 Å². The van der Waals surface area contributed by atoms with Gasteiger partial charge in [-0.1, -0.05) is 29.8 Å². The van der Waals surface area contributed by atoms with Crippen LogP contribution in [0.15, 0.2) is 42.5 Å². The molecule has 2 aromatic carbocycles. The van der Waals surface area contributed by atoms with Crippen molar-refractivity contribution in [2.75, 3.05) is 23.8 Å². The Hall–Kier alpha value is -3.54. The van der Waals surface area contributed by atoms with Crippen LogP contribution in [-0.2, 0) is 9.53 Å². The van der Waals surface area contributed by atoms with Gasteiger partial charge < -0.3 is 21.5 Å². The number of nitrogen functional groups attached to an aromatic ring is 1. The maximum absolute atomic E-state index is 14.0. The molecule has 2 atom stereocenters. The second-order valence-corrected chi connectivity index (χ2v) is 9.76. The quantitative estimate of drug-likeness (QED) is 0.395. The van der Waals surface area contributed by atoms with Crippen LogP contribution < -0.4 is 21.7 Å². The first-order valence-electron chi connectivity index (χ1n) is 11.5. The van der Waals surface area contributed by atoms with Gasteiger partial charge in [0.15, 0.2) is 5.69 Å². The van der Waals surface area contributed by atoms with E-state index in [-0.39, 0.29) is 34.6 Å². The summed E-state index contributed by atoms with van der Waals surface area (Å²) in [6, 6.07) is 8.89.